The first-order valence-electron chi connectivity index (χ1n) is 5.64. The maximum atomic E-state index is 11.8. The Kier molecular flexibility index (Phi) is 1.50. The average Bonchev–Trinajstić information content (AvgIpc) is 2.87. The maximum absolute atomic E-state index is 11.8. The Morgan fingerprint density at radius 3 is 3.06 bits per heavy atom. The van der Waals surface area contributed by atoms with E-state index in [1.165, 1.54) is 11.1 Å². The quantitative estimate of drug-likeness (QED) is 0.562. The van der Waals surface area contributed by atoms with Crippen LogP contribution >= 0.6 is 0 Å². The molecule has 0 amide bonds. The van der Waals surface area contributed by atoms with Gasteiger partial charge in [0.25, 0.3) is 5.56 Å². The number of aromatic nitrogens is 2. The molecule has 0 fully saturated rings. The number of rotatable bonds is 0. The van der Waals surface area contributed by atoms with Gasteiger partial charge in [-0.25, -0.2) is 0 Å². The molecule has 82 valence electrons. The van der Waals surface area contributed by atoms with Crippen LogP contribution in [0.25, 0.3) is 18.2 Å². The molecule has 3 nitrogen and oxygen atoms in total. The maximum Gasteiger partial charge on any atom is 0.252 e. The van der Waals surface area contributed by atoms with E-state index in [1.807, 2.05) is 12.1 Å². The zero-order valence-electron chi connectivity index (χ0n) is 9.08. The highest BCUT2D eigenvalue weighted by molar-refractivity contribution is 5.71. The summed E-state index contributed by atoms with van der Waals surface area (Å²) in [4.78, 5) is 17.9. The summed E-state index contributed by atoms with van der Waals surface area (Å²) in [6, 6.07) is 1.95. The molecule has 0 radical (unpaired) electrons. The SMILES string of the molecule is O=c1[nH]ccc2c1Cc1c3c([nH]c1=C2)=CC=C3. The molecule has 2 aliphatic rings. The van der Waals surface area contributed by atoms with E-state index in [0.717, 1.165) is 21.8 Å². The fraction of sp³-hybridized carbons (Fsp3) is 0.0714. The van der Waals surface area contributed by atoms with Crippen molar-refractivity contribution in [1.82, 2.24) is 9.97 Å². The van der Waals surface area contributed by atoms with Crippen LogP contribution in [0.5, 0.6) is 0 Å². The lowest BCUT2D eigenvalue weighted by molar-refractivity contribution is 1.05. The van der Waals surface area contributed by atoms with E-state index in [0.29, 0.717) is 6.42 Å². The van der Waals surface area contributed by atoms with Crippen molar-refractivity contribution in [2.24, 2.45) is 0 Å². The Morgan fingerprint density at radius 2 is 2.12 bits per heavy atom. The van der Waals surface area contributed by atoms with Crippen LogP contribution in [0, 0.1) is 0 Å². The molecule has 0 saturated heterocycles. The van der Waals surface area contributed by atoms with Gasteiger partial charge in [0.1, 0.15) is 0 Å². The molecular weight excluding hydrogens is 212 g/mol. The minimum atomic E-state index is 0.0188. The fourth-order valence-electron chi connectivity index (χ4n) is 2.65. The first kappa shape index (κ1) is 8.82. The second-order valence-electron chi connectivity index (χ2n) is 4.43. The van der Waals surface area contributed by atoms with Gasteiger partial charge >= 0.3 is 0 Å². The molecule has 0 unspecified atom stereocenters. The Balaban J connectivity index is 2.11. The van der Waals surface area contributed by atoms with E-state index < -0.39 is 0 Å². The van der Waals surface area contributed by atoms with Crippen molar-refractivity contribution in [3.05, 3.63) is 61.6 Å². The van der Waals surface area contributed by atoms with Crippen LogP contribution in [-0.4, -0.2) is 9.97 Å². The van der Waals surface area contributed by atoms with Crippen LogP contribution in [0.2, 0.25) is 0 Å². The van der Waals surface area contributed by atoms with E-state index in [2.05, 4.69) is 28.2 Å². The molecule has 2 heterocycles. The minimum Gasteiger partial charge on any atom is -0.355 e. The smallest absolute Gasteiger partial charge is 0.252 e. The lowest BCUT2D eigenvalue weighted by Crippen LogP contribution is -2.22. The highest BCUT2D eigenvalue weighted by Gasteiger charge is 2.17. The summed E-state index contributed by atoms with van der Waals surface area (Å²) in [6.07, 6.45) is 10.7. The van der Waals surface area contributed by atoms with Gasteiger partial charge in [-0.2, -0.15) is 0 Å². The second kappa shape index (κ2) is 2.88. The van der Waals surface area contributed by atoms with Gasteiger partial charge in [0.2, 0.25) is 0 Å². The molecule has 0 spiro atoms. The minimum absolute atomic E-state index is 0.0188. The normalized spacial score (nSPS) is 14.6. The van der Waals surface area contributed by atoms with E-state index in [4.69, 9.17) is 0 Å². The standard InChI is InChI=1S/C14H10N2O/c17-14-10-7-11-9-2-1-3-12(9)16-13(11)6-8(10)4-5-15-14/h1-6,16H,7H2,(H,15,17). The predicted molar refractivity (Wildman–Crippen MR) is 67.0 cm³/mol. The number of aromatic amines is 2. The van der Waals surface area contributed by atoms with E-state index in [9.17, 15) is 4.79 Å². The van der Waals surface area contributed by atoms with Gasteiger partial charge in [0.15, 0.2) is 0 Å². The summed E-state index contributed by atoms with van der Waals surface area (Å²) < 4.78 is 0. The van der Waals surface area contributed by atoms with Crippen LogP contribution in [0.15, 0.2) is 23.1 Å². The summed E-state index contributed by atoms with van der Waals surface area (Å²) in [7, 11) is 0. The Bertz CT molecular complexity index is 834. The summed E-state index contributed by atoms with van der Waals surface area (Å²) in [5.74, 6) is 0. The highest BCUT2D eigenvalue weighted by Crippen LogP contribution is 2.17. The van der Waals surface area contributed by atoms with Crippen molar-refractivity contribution in [1.29, 1.82) is 0 Å². The van der Waals surface area contributed by atoms with Gasteiger partial charge in [-0.3, -0.25) is 4.79 Å². The van der Waals surface area contributed by atoms with Crippen molar-refractivity contribution in [2.75, 3.05) is 0 Å². The number of hydrogen-bond donors (Lipinski definition) is 2. The first-order valence-corrected chi connectivity index (χ1v) is 5.64. The Hall–Kier alpha value is -2.29. The monoisotopic (exact) mass is 222 g/mol. The molecule has 0 aromatic carbocycles. The lowest BCUT2D eigenvalue weighted by atomic mass is 9.95. The van der Waals surface area contributed by atoms with Crippen LogP contribution in [-0.2, 0) is 6.42 Å². The van der Waals surface area contributed by atoms with Gasteiger partial charge < -0.3 is 9.97 Å². The largest absolute Gasteiger partial charge is 0.355 e. The van der Waals surface area contributed by atoms with Crippen LogP contribution in [0.3, 0.4) is 0 Å². The van der Waals surface area contributed by atoms with Crippen molar-refractivity contribution in [3.63, 3.8) is 0 Å². The molecule has 0 atom stereocenters. The third-order valence-corrected chi connectivity index (χ3v) is 3.49. The van der Waals surface area contributed by atoms with E-state index in [-0.39, 0.29) is 5.56 Å². The zero-order chi connectivity index (χ0) is 11.4. The fourth-order valence-corrected chi connectivity index (χ4v) is 2.65. The number of pyridine rings is 1. The van der Waals surface area contributed by atoms with Crippen molar-refractivity contribution in [2.45, 2.75) is 6.42 Å². The molecule has 2 N–H and O–H groups in total. The molecule has 4 rings (SSSR count). The summed E-state index contributed by atoms with van der Waals surface area (Å²) in [5, 5.41) is 2.28. The van der Waals surface area contributed by atoms with Gasteiger partial charge in [-0.1, -0.05) is 12.2 Å². The summed E-state index contributed by atoms with van der Waals surface area (Å²) >= 11 is 0. The molecule has 0 bridgehead atoms. The van der Waals surface area contributed by atoms with Crippen LogP contribution < -0.4 is 16.3 Å². The summed E-state index contributed by atoms with van der Waals surface area (Å²) in [6.45, 7) is 0. The number of H-pyrrole nitrogens is 2. The van der Waals surface area contributed by atoms with E-state index in [1.54, 1.807) is 6.20 Å². The number of allylic oxidation sites excluding steroid dienone is 1. The lowest BCUT2D eigenvalue weighted by Gasteiger charge is -2.09. The zero-order valence-corrected chi connectivity index (χ0v) is 9.08. The molecule has 2 aromatic heterocycles. The van der Waals surface area contributed by atoms with Crippen LogP contribution in [0.1, 0.15) is 22.3 Å². The number of nitrogens with one attached hydrogen (secondary N) is 2. The van der Waals surface area contributed by atoms with Crippen molar-refractivity contribution in [3.8, 4) is 0 Å². The highest BCUT2D eigenvalue weighted by atomic mass is 16.1. The Morgan fingerprint density at radius 1 is 1.18 bits per heavy atom. The van der Waals surface area contributed by atoms with Gasteiger partial charge in [-0.05, 0) is 29.3 Å². The molecule has 3 heteroatoms. The third kappa shape index (κ3) is 1.08. The molecular formula is C14H10N2O. The number of fused-ring (bicyclic) bond motifs is 4. The number of hydrogen-bond acceptors (Lipinski definition) is 1. The average molecular weight is 222 g/mol. The van der Waals surface area contributed by atoms with Crippen molar-refractivity contribution >= 4 is 18.2 Å². The van der Waals surface area contributed by atoms with E-state index >= 15 is 0 Å². The van der Waals surface area contributed by atoms with Gasteiger partial charge in [0, 0.05) is 34.4 Å². The molecule has 17 heavy (non-hydrogen) atoms. The van der Waals surface area contributed by atoms with Gasteiger partial charge in [0.05, 0.1) is 0 Å². The second-order valence-corrected chi connectivity index (χ2v) is 4.43. The third-order valence-electron chi connectivity index (χ3n) is 3.49. The first-order chi connectivity index (χ1) is 8.33. The van der Waals surface area contributed by atoms with Gasteiger partial charge in [-0.15, -0.1) is 0 Å². The Labute approximate surface area is 96.8 Å². The van der Waals surface area contributed by atoms with Crippen molar-refractivity contribution < 1.29 is 0 Å². The molecule has 2 aromatic rings. The van der Waals surface area contributed by atoms with Crippen LogP contribution in [0.4, 0.5) is 0 Å². The molecule has 0 saturated carbocycles. The predicted octanol–water partition coefficient (Wildman–Crippen LogP) is 0.243. The molecule has 0 aliphatic heterocycles. The molecule has 2 aliphatic carbocycles. The summed E-state index contributed by atoms with van der Waals surface area (Å²) in [5.41, 5.74) is 4.36. The topological polar surface area (TPSA) is 48.6 Å².